The van der Waals surface area contributed by atoms with Gasteiger partial charge in [0.25, 0.3) is 0 Å². The number of para-hydroxylation sites is 1. The van der Waals surface area contributed by atoms with Gasteiger partial charge in [0, 0.05) is 6.04 Å². The van der Waals surface area contributed by atoms with E-state index in [4.69, 9.17) is 16.0 Å². The molecule has 0 amide bonds. The summed E-state index contributed by atoms with van der Waals surface area (Å²) in [5.74, 6) is 1.17. The zero-order chi connectivity index (χ0) is 11.1. The Morgan fingerprint density at radius 2 is 2.38 bits per heavy atom. The zero-order valence-corrected chi connectivity index (χ0v) is 9.79. The maximum Gasteiger partial charge on any atom is 0.200 e. The Bertz CT molecular complexity index is 523. The molecule has 1 fully saturated rings. The van der Waals surface area contributed by atoms with Crippen LogP contribution in [-0.4, -0.2) is 17.6 Å². The first-order valence-electron chi connectivity index (χ1n) is 5.54. The quantitative estimate of drug-likeness (QED) is 0.827. The highest BCUT2D eigenvalue weighted by Crippen LogP contribution is 2.31. The van der Waals surface area contributed by atoms with E-state index in [0.29, 0.717) is 22.6 Å². The molecule has 2 aromatic rings. The molecule has 1 aromatic carbocycles. The molecule has 16 heavy (non-hydrogen) atoms. The van der Waals surface area contributed by atoms with Crippen molar-refractivity contribution in [2.75, 3.05) is 6.54 Å². The van der Waals surface area contributed by atoms with Crippen LogP contribution in [0.5, 0.6) is 0 Å². The van der Waals surface area contributed by atoms with Gasteiger partial charge < -0.3 is 9.73 Å². The molecule has 2 unspecified atom stereocenters. The molecule has 3 nitrogen and oxygen atoms in total. The van der Waals surface area contributed by atoms with Crippen molar-refractivity contribution in [2.24, 2.45) is 0 Å². The Labute approximate surface area is 98.8 Å². The number of hydrogen-bond acceptors (Lipinski definition) is 3. The van der Waals surface area contributed by atoms with Crippen LogP contribution in [0.4, 0.5) is 0 Å². The minimum absolute atomic E-state index is 0.364. The molecule has 1 N–H and O–H groups in total. The van der Waals surface area contributed by atoms with E-state index in [2.05, 4.69) is 17.2 Å². The van der Waals surface area contributed by atoms with Crippen molar-refractivity contribution in [1.29, 1.82) is 0 Å². The van der Waals surface area contributed by atoms with Crippen LogP contribution >= 0.6 is 11.6 Å². The smallest absolute Gasteiger partial charge is 0.200 e. The van der Waals surface area contributed by atoms with E-state index < -0.39 is 0 Å². The fourth-order valence-corrected chi connectivity index (χ4v) is 2.50. The summed E-state index contributed by atoms with van der Waals surface area (Å²) in [6, 6.07) is 6.08. The second-order valence-electron chi connectivity index (χ2n) is 4.28. The molecule has 0 aliphatic carbocycles. The largest absolute Gasteiger partial charge is 0.439 e. The minimum atomic E-state index is 0.364. The molecule has 1 saturated heterocycles. The zero-order valence-electron chi connectivity index (χ0n) is 9.03. The number of aromatic nitrogens is 1. The molecule has 4 heteroatoms. The summed E-state index contributed by atoms with van der Waals surface area (Å²) in [4.78, 5) is 4.51. The average Bonchev–Trinajstić information content (AvgIpc) is 2.84. The maximum absolute atomic E-state index is 6.06. The van der Waals surface area contributed by atoms with Gasteiger partial charge in [-0.25, -0.2) is 4.98 Å². The first-order valence-corrected chi connectivity index (χ1v) is 5.92. The lowest BCUT2D eigenvalue weighted by molar-refractivity contribution is 0.447. The fourth-order valence-electron chi connectivity index (χ4n) is 2.29. The Hall–Kier alpha value is -1.06. The summed E-state index contributed by atoms with van der Waals surface area (Å²) >= 11 is 6.06. The van der Waals surface area contributed by atoms with Gasteiger partial charge >= 0.3 is 0 Å². The highest BCUT2D eigenvalue weighted by molar-refractivity contribution is 6.34. The second-order valence-corrected chi connectivity index (χ2v) is 4.69. The summed E-state index contributed by atoms with van der Waals surface area (Å²) in [7, 11) is 0. The van der Waals surface area contributed by atoms with Gasteiger partial charge in [-0.05, 0) is 32.0 Å². The van der Waals surface area contributed by atoms with E-state index in [1.807, 2.05) is 18.2 Å². The number of nitrogens with one attached hydrogen (secondary N) is 1. The lowest BCUT2D eigenvalue weighted by Crippen LogP contribution is -2.21. The molecular weight excluding hydrogens is 224 g/mol. The number of nitrogens with zero attached hydrogens (tertiary/aromatic N) is 1. The van der Waals surface area contributed by atoms with E-state index in [0.717, 1.165) is 24.4 Å². The van der Waals surface area contributed by atoms with Crippen LogP contribution < -0.4 is 5.32 Å². The Morgan fingerprint density at radius 3 is 3.06 bits per heavy atom. The van der Waals surface area contributed by atoms with Crippen molar-refractivity contribution in [3.63, 3.8) is 0 Å². The van der Waals surface area contributed by atoms with Crippen molar-refractivity contribution in [3.8, 4) is 0 Å². The van der Waals surface area contributed by atoms with E-state index in [1.54, 1.807) is 0 Å². The van der Waals surface area contributed by atoms with Gasteiger partial charge in [-0.15, -0.1) is 0 Å². The Kier molecular flexibility index (Phi) is 2.37. The second kappa shape index (κ2) is 3.75. The van der Waals surface area contributed by atoms with Crippen LogP contribution in [0.3, 0.4) is 0 Å². The van der Waals surface area contributed by atoms with Crippen LogP contribution in [-0.2, 0) is 0 Å². The monoisotopic (exact) mass is 236 g/mol. The van der Waals surface area contributed by atoms with Crippen molar-refractivity contribution in [3.05, 3.63) is 29.1 Å². The average molecular weight is 237 g/mol. The lowest BCUT2D eigenvalue weighted by Gasteiger charge is -2.09. The highest BCUT2D eigenvalue weighted by Gasteiger charge is 2.28. The molecule has 3 rings (SSSR count). The van der Waals surface area contributed by atoms with Crippen molar-refractivity contribution in [1.82, 2.24) is 10.3 Å². The number of halogens is 1. The first-order chi connectivity index (χ1) is 7.75. The summed E-state index contributed by atoms with van der Waals surface area (Å²) in [5.41, 5.74) is 1.56. The molecule has 0 radical (unpaired) electrons. The minimum Gasteiger partial charge on any atom is -0.439 e. The number of rotatable bonds is 1. The topological polar surface area (TPSA) is 38.1 Å². The molecule has 2 atom stereocenters. The fraction of sp³-hybridized carbons (Fsp3) is 0.417. The number of fused-ring (bicyclic) bond motifs is 1. The summed E-state index contributed by atoms with van der Waals surface area (Å²) in [6.07, 6.45) is 1.08. The van der Waals surface area contributed by atoms with Crippen LogP contribution in [0, 0.1) is 0 Å². The predicted molar refractivity (Wildman–Crippen MR) is 63.8 cm³/mol. The first kappa shape index (κ1) is 10.1. The Balaban J connectivity index is 2.08. The van der Waals surface area contributed by atoms with Crippen LogP contribution in [0.25, 0.3) is 11.1 Å². The number of benzene rings is 1. The number of hydrogen-bond donors (Lipinski definition) is 1. The third kappa shape index (κ3) is 1.51. The third-order valence-electron chi connectivity index (χ3n) is 3.23. The molecule has 2 heterocycles. The SMILES string of the molecule is CC1NCCC1c1nc2cccc(Cl)c2o1. The summed E-state index contributed by atoms with van der Waals surface area (Å²) in [6.45, 7) is 3.19. The van der Waals surface area contributed by atoms with E-state index in [-0.39, 0.29) is 0 Å². The van der Waals surface area contributed by atoms with Crippen molar-refractivity contribution in [2.45, 2.75) is 25.3 Å². The summed E-state index contributed by atoms with van der Waals surface area (Å²) in [5, 5.41) is 4.03. The molecular formula is C12H13ClN2O. The highest BCUT2D eigenvalue weighted by atomic mass is 35.5. The molecule has 1 aliphatic heterocycles. The van der Waals surface area contributed by atoms with E-state index >= 15 is 0 Å². The third-order valence-corrected chi connectivity index (χ3v) is 3.52. The predicted octanol–water partition coefficient (Wildman–Crippen LogP) is 2.95. The van der Waals surface area contributed by atoms with Crippen molar-refractivity contribution >= 4 is 22.7 Å². The van der Waals surface area contributed by atoms with Crippen LogP contribution in [0.15, 0.2) is 22.6 Å². The standard InChI is InChI=1S/C12H13ClN2O/c1-7-8(5-6-14-7)12-15-10-4-2-3-9(13)11(10)16-12/h2-4,7-8,14H,5-6H2,1H3. The maximum atomic E-state index is 6.06. The molecule has 1 aromatic heterocycles. The van der Waals surface area contributed by atoms with Crippen molar-refractivity contribution < 1.29 is 4.42 Å². The van der Waals surface area contributed by atoms with Crippen LogP contribution in [0.1, 0.15) is 25.2 Å². The van der Waals surface area contributed by atoms with Gasteiger partial charge in [0.2, 0.25) is 0 Å². The van der Waals surface area contributed by atoms with Gasteiger partial charge in [0.05, 0.1) is 10.9 Å². The molecule has 0 saturated carbocycles. The van der Waals surface area contributed by atoms with Gasteiger partial charge in [0.15, 0.2) is 11.5 Å². The van der Waals surface area contributed by atoms with E-state index in [1.165, 1.54) is 0 Å². The molecule has 84 valence electrons. The van der Waals surface area contributed by atoms with Gasteiger partial charge in [-0.2, -0.15) is 0 Å². The van der Waals surface area contributed by atoms with Crippen LogP contribution in [0.2, 0.25) is 5.02 Å². The molecule has 0 bridgehead atoms. The molecule has 0 spiro atoms. The number of oxazole rings is 1. The normalized spacial score (nSPS) is 25.4. The Morgan fingerprint density at radius 1 is 1.50 bits per heavy atom. The van der Waals surface area contributed by atoms with Gasteiger partial charge in [-0.1, -0.05) is 17.7 Å². The van der Waals surface area contributed by atoms with E-state index in [9.17, 15) is 0 Å². The molecule has 1 aliphatic rings. The summed E-state index contributed by atoms with van der Waals surface area (Å²) < 4.78 is 5.77. The lowest BCUT2D eigenvalue weighted by atomic mass is 10.0. The van der Waals surface area contributed by atoms with Gasteiger partial charge in [0.1, 0.15) is 5.52 Å². The van der Waals surface area contributed by atoms with Gasteiger partial charge in [-0.3, -0.25) is 0 Å².